The van der Waals surface area contributed by atoms with Crippen molar-refractivity contribution in [3.8, 4) is 0 Å². The van der Waals surface area contributed by atoms with E-state index in [0.29, 0.717) is 23.9 Å². The van der Waals surface area contributed by atoms with Crippen LogP contribution in [0.25, 0.3) is 0 Å². The maximum absolute atomic E-state index is 11.7. The molecule has 0 bridgehead atoms. The average molecular weight is 280 g/mol. The van der Waals surface area contributed by atoms with Crippen molar-refractivity contribution in [3.05, 3.63) is 12.1 Å². The summed E-state index contributed by atoms with van der Waals surface area (Å²) in [7, 11) is 0. The predicted molar refractivity (Wildman–Crippen MR) is 70.3 cm³/mol. The normalized spacial score (nSPS) is 21.9. The van der Waals surface area contributed by atoms with Gasteiger partial charge in [-0.25, -0.2) is 9.78 Å². The number of cyclic esters (lactones) is 1. The molecule has 0 aromatic carbocycles. The van der Waals surface area contributed by atoms with Crippen LogP contribution in [0, 0.1) is 0 Å². The molecule has 3 N–H and O–H groups in total. The Kier molecular flexibility index (Phi) is 3.03. The molecular formula is C11H12N4O3S. The Morgan fingerprint density at radius 2 is 2.37 bits per heavy atom. The first-order valence-electron chi connectivity index (χ1n) is 5.79. The number of nitrogens with one attached hydrogen (secondary N) is 1. The summed E-state index contributed by atoms with van der Waals surface area (Å²) >= 11 is 1.42. The van der Waals surface area contributed by atoms with Crippen LogP contribution in [0.1, 0.15) is 0 Å². The number of nitrogens with zero attached hydrogens (tertiary/aromatic N) is 2. The summed E-state index contributed by atoms with van der Waals surface area (Å²) in [4.78, 5) is 29.6. The number of thioether (sulfide) groups is 1. The van der Waals surface area contributed by atoms with E-state index < -0.39 is 6.09 Å². The van der Waals surface area contributed by atoms with E-state index in [1.165, 1.54) is 16.7 Å². The van der Waals surface area contributed by atoms with Gasteiger partial charge < -0.3 is 15.8 Å². The molecule has 7 nitrogen and oxygen atoms in total. The van der Waals surface area contributed by atoms with E-state index in [-0.39, 0.29) is 18.6 Å². The third-order valence-corrected chi connectivity index (χ3v) is 3.92. The van der Waals surface area contributed by atoms with Crippen LogP contribution in [0.15, 0.2) is 17.0 Å². The SMILES string of the molecule is NCC1CN(c2ccc3c(n2)NC(=O)CS3)C(=O)O1. The van der Waals surface area contributed by atoms with Gasteiger partial charge in [0.15, 0.2) is 0 Å². The molecule has 3 rings (SSSR count). The number of anilines is 2. The summed E-state index contributed by atoms with van der Waals surface area (Å²) in [5, 5.41) is 2.69. The van der Waals surface area contributed by atoms with Gasteiger partial charge in [-0.2, -0.15) is 0 Å². The Hall–Kier alpha value is -1.80. The van der Waals surface area contributed by atoms with Crippen molar-refractivity contribution in [2.45, 2.75) is 11.0 Å². The van der Waals surface area contributed by atoms with Gasteiger partial charge in [-0.05, 0) is 12.1 Å². The first-order valence-corrected chi connectivity index (χ1v) is 6.78. The van der Waals surface area contributed by atoms with E-state index in [0.717, 1.165) is 4.90 Å². The Labute approximate surface area is 113 Å². The highest BCUT2D eigenvalue weighted by molar-refractivity contribution is 8.00. The van der Waals surface area contributed by atoms with Gasteiger partial charge in [0.1, 0.15) is 17.7 Å². The molecule has 0 saturated carbocycles. The average Bonchev–Trinajstić information content (AvgIpc) is 2.79. The Bertz CT molecular complexity index is 551. The molecule has 1 saturated heterocycles. The molecular weight excluding hydrogens is 268 g/mol. The molecule has 0 radical (unpaired) electrons. The number of hydrogen-bond donors (Lipinski definition) is 2. The topological polar surface area (TPSA) is 97.5 Å². The van der Waals surface area contributed by atoms with E-state index >= 15 is 0 Å². The Balaban J connectivity index is 1.88. The summed E-state index contributed by atoms with van der Waals surface area (Å²) in [6.45, 7) is 0.655. The van der Waals surface area contributed by atoms with Gasteiger partial charge in [0.2, 0.25) is 5.91 Å². The van der Waals surface area contributed by atoms with Gasteiger partial charge in [-0.1, -0.05) is 0 Å². The van der Waals surface area contributed by atoms with E-state index in [1.807, 2.05) is 6.07 Å². The molecule has 0 aliphatic carbocycles. The fourth-order valence-corrected chi connectivity index (χ4v) is 2.69. The highest BCUT2D eigenvalue weighted by Gasteiger charge is 2.32. The first kappa shape index (κ1) is 12.2. The van der Waals surface area contributed by atoms with Crippen molar-refractivity contribution in [2.24, 2.45) is 5.73 Å². The maximum Gasteiger partial charge on any atom is 0.416 e. The minimum atomic E-state index is -0.460. The maximum atomic E-state index is 11.7. The zero-order valence-corrected chi connectivity index (χ0v) is 10.8. The number of aromatic nitrogens is 1. The summed E-state index contributed by atoms with van der Waals surface area (Å²) in [5.41, 5.74) is 5.48. The molecule has 3 heterocycles. The van der Waals surface area contributed by atoms with Crippen LogP contribution in [-0.2, 0) is 9.53 Å². The second-order valence-corrected chi connectivity index (χ2v) is 5.22. The quantitative estimate of drug-likeness (QED) is 0.814. The Morgan fingerprint density at radius 3 is 3.11 bits per heavy atom. The zero-order chi connectivity index (χ0) is 13.4. The number of ether oxygens (including phenoxy) is 1. The van der Waals surface area contributed by atoms with Crippen LogP contribution < -0.4 is 16.0 Å². The smallest absolute Gasteiger partial charge is 0.416 e. The van der Waals surface area contributed by atoms with Crippen molar-refractivity contribution in [1.29, 1.82) is 0 Å². The Morgan fingerprint density at radius 1 is 1.53 bits per heavy atom. The van der Waals surface area contributed by atoms with E-state index in [2.05, 4.69) is 10.3 Å². The number of carbonyl (C=O) groups is 2. The third kappa shape index (κ3) is 2.24. The number of hydrogen-bond acceptors (Lipinski definition) is 6. The van der Waals surface area contributed by atoms with E-state index in [1.54, 1.807) is 6.07 Å². The molecule has 1 aromatic heterocycles. The highest BCUT2D eigenvalue weighted by Crippen LogP contribution is 2.32. The molecule has 8 heteroatoms. The lowest BCUT2D eigenvalue weighted by molar-refractivity contribution is -0.113. The van der Waals surface area contributed by atoms with Crippen molar-refractivity contribution in [1.82, 2.24) is 4.98 Å². The molecule has 1 fully saturated rings. The van der Waals surface area contributed by atoms with Gasteiger partial charge in [-0.15, -0.1) is 11.8 Å². The van der Waals surface area contributed by atoms with Gasteiger partial charge in [-0.3, -0.25) is 9.69 Å². The van der Waals surface area contributed by atoms with Crippen LogP contribution in [0.4, 0.5) is 16.4 Å². The second kappa shape index (κ2) is 4.71. The molecule has 1 aromatic rings. The largest absolute Gasteiger partial charge is 0.443 e. The van der Waals surface area contributed by atoms with Gasteiger partial charge in [0.05, 0.1) is 17.2 Å². The molecule has 0 spiro atoms. The van der Waals surface area contributed by atoms with Gasteiger partial charge >= 0.3 is 6.09 Å². The molecule has 1 atom stereocenters. The minimum absolute atomic E-state index is 0.0917. The monoisotopic (exact) mass is 280 g/mol. The number of carbonyl (C=O) groups excluding carboxylic acids is 2. The van der Waals surface area contributed by atoms with Crippen LogP contribution in [0.2, 0.25) is 0 Å². The van der Waals surface area contributed by atoms with Crippen LogP contribution in [-0.4, -0.2) is 41.9 Å². The fourth-order valence-electron chi connectivity index (χ4n) is 1.94. The van der Waals surface area contributed by atoms with Crippen molar-refractivity contribution in [2.75, 3.05) is 29.1 Å². The van der Waals surface area contributed by atoms with Crippen molar-refractivity contribution < 1.29 is 14.3 Å². The van der Waals surface area contributed by atoms with Crippen molar-refractivity contribution >= 4 is 35.4 Å². The molecule has 2 amide bonds. The van der Waals surface area contributed by atoms with E-state index in [9.17, 15) is 9.59 Å². The lowest BCUT2D eigenvalue weighted by Crippen LogP contribution is -2.28. The number of amides is 2. The van der Waals surface area contributed by atoms with Crippen LogP contribution in [0.5, 0.6) is 0 Å². The molecule has 1 unspecified atom stereocenters. The van der Waals surface area contributed by atoms with Crippen LogP contribution in [0.3, 0.4) is 0 Å². The van der Waals surface area contributed by atoms with Crippen LogP contribution >= 0.6 is 11.8 Å². The summed E-state index contributed by atoms with van der Waals surface area (Å²) in [5.74, 6) is 1.24. The van der Waals surface area contributed by atoms with Gasteiger partial charge in [0, 0.05) is 6.54 Å². The van der Waals surface area contributed by atoms with Crippen molar-refractivity contribution in [3.63, 3.8) is 0 Å². The predicted octanol–water partition coefficient (Wildman–Crippen LogP) is 0.410. The third-order valence-electron chi connectivity index (χ3n) is 2.87. The summed E-state index contributed by atoms with van der Waals surface area (Å²) in [6.07, 6.45) is -0.771. The summed E-state index contributed by atoms with van der Waals surface area (Å²) < 4.78 is 5.07. The number of fused-ring (bicyclic) bond motifs is 1. The highest BCUT2D eigenvalue weighted by atomic mass is 32.2. The fraction of sp³-hybridized carbons (Fsp3) is 0.364. The van der Waals surface area contributed by atoms with E-state index in [4.69, 9.17) is 10.5 Å². The minimum Gasteiger partial charge on any atom is -0.443 e. The first-order chi connectivity index (χ1) is 9.17. The second-order valence-electron chi connectivity index (χ2n) is 4.21. The lowest BCUT2D eigenvalue weighted by atomic mass is 10.3. The number of nitrogens with two attached hydrogens (primary N) is 1. The summed E-state index contributed by atoms with van der Waals surface area (Å²) in [6, 6.07) is 3.58. The molecule has 19 heavy (non-hydrogen) atoms. The number of rotatable bonds is 2. The van der Waals surface area contributed by atoms with Gasteiger partial charge in [0.25, 0.3) is 0 Å². The molecule has 2 aliphatic heterocycles. The zero-order valence-electron chi connectivity index (χ0n) is 9.96. The number of pyridine rings is 1. The molecule has 2 aliphatic rings. The molecule has 100 valence electrons. The lowest BCUT2D eigenvalue weighted by Gasteiger charge is -2.18. The standard InChI is InChI=1S/C11H12N4O3S/c12-3-6-4-15(11(17)18-6)8-2-1-7-10(13-8)14-9(16)5-19-7/h1-2,6H,3-5,12H2,(H,13,14,16).